The van der Waals surface area contributed by atoms with Crippen molar-refractivity contribution in [2.45, 2.75) is 0 Å². The van der Waals surface area contributed by atoms with E-state index < -0.39 is 6.61 Å². The number of nitrogens with one attached hydrogen (secondary N) is 1. The smallest absolute Gasteiger partial charge is 0.248 e. The van der Waals surface area contributed by atoms with E-state index in [4.69, 9.17) is 5.11 Å². The molecule has 2 N–H and O–H groups in total. The van der Waals surface area contributed by atoms with Gasteiger partial charge in [-0.1, -0.05) is 0 Å². The monoisotopic (exact) mass is 295 g/mol. The summed E-state index contributed by atoms with van der Waals surface area (Å²) >= 11 is 0. The molecule has 1 aromatic rings. The SMILES string of the molecule is O=C(CN1CCN(C(=O)CO)CC1)Nc1ccc(F)cc1. The molecule has 1 aliphatic rings. The molecule has 0 atom stereocenters. The van der Waals surface area contributed by atoms with Crippen LogP contribution in [-0.4, -0.2) is 66.1 Å². The van der Waals surface area contributed by atoms with E-state index in [1.165, 1.54) is 24.3 Å². The molecular formula is C14H18FN3O3. The minimum absolute atomic E-state index is 0.177. The molecule has 1 aliphatic heterocycles. The van der Waals surface area contributed by atoms with E-state index in [0.717, 1.165) is 0 Å². The predicted octanol–water partition coefficient (Wildman–Crippen LogP) is -0.0993. The molecule has 0 unspecified atom stereocenters. The standard InChI is InChI=1S/C14H18FN3O3/c15-11-1-3-12(4-2-11)16-13(20)9-17-5-7-18(8-6-17)14(21)10-19/h1-4,19H,5-10H2,(H,16,20). The molecule has 0 aromatic heterocycles. The number of carbonyl (C=O) groups excluding carboxylic acids is 2. The fourth-order valence-electron chi connectivity index (χ4n) is 2.19. The lowest BCUT2D eigenvalue weighted by molar-refractivity contribution is -0.136. The van der Waals surface area contributed by atoms with Crippen molar-refractivity contribution in [3.05, 3.63) is 30.1 Å². The summed E-state index contributed by atoms with van der Waals surface area (Å²) in [6.45, 7) is 1.92. The minimum Gasteiger partial charge on any atom is -0.387 e. The number of anilines is 1. The number of hydrogen-bond donors (Lipinski definition) is 2. The molecule has 114 valence electrons. The Morgan fingerprint density at radius 3 is 2.33 bits per heavy atom. The Balaban J connectivity index is 1.76. The highest BCUT2D eigenvalue weighted by molar-refractivity contribution is 5.92. The second-order valence-corrected chi connectivity index (χ2v) is 4.87. The van der Waals surface area contributed by atoms with Crippen LogP contribution in [0.4, 0.5) is 10.1 Å². The molecule has 1 fully saturated rings. The summed E-state index contributed by atoms with van der Waals surface area (Å²) in [5.74, 6) is -0.813. The van der Waals surface area contributed by atoms with Gasteiger partial charge in [-0.25, -0.2) is 4.39 Å². The van der Waals surface area contributed by atoms with Crippen molar-refractivity contribution in [2.75, 3.05) is 44.6 Å². The van der Waals surface area contributed by atoms with Gasteiger partial charge in [0, 0.05) is 31.9 Å². The lowest BCUT2D eigenvalue weighted by Crippen LogP contribution is -2.51. The van der Waals surface area contributed by atoms with Crippen LogP contribution in [0.3, 0.4) is 0 Å². The number of aliphatic hydroxyl groups excluding tert-OH is 1. The third-order valence-corrected chi connectivity index (χ3v) is 3.36. The van der Waals surface area contributed by atoms with Gasteiger partial charge in [-0.2, -0.15) is 0 Å². The summed E-state index contributed by atoms with van der Waals surface area (Å²) in [6, 6.07) is 5.58. The summed E-state index contributed by atoms with van der Waals surface area (Å²) in [5, 5.41) is 11.5. The molecule has 21 heavy (non-hydrogen) atoms. The number of piperazine rings is 1. The fraction of sp³-hybridized carbons (Fsp3) is 0.429. The Morgan fingerprint density at radius 1 is 1.14 bits per heavy atom. The summed E-state index contributed by atoms with van der Waals surface area (Å²) in [5.41, 5.74) is 0.551. The van der Waals surface area contributed by atoms with Crippen molar-refractivity contribution >= 4 is 17.5 Å². The maximum atomic E-state index is 12.8. The molecule has 0 saturated carbocycles. The van der Waals surface area contributed by atoms with E-state index in [0.29, 0.717) is 31.9 Å². The lowest BCUT2D eigenvalue weighted by Gasteiger charge is -2.33. The van der Waals surface area contributed by atoms with Gasteiger partial charge in [-0.05, 0) is 24.3 Å². The number of halogens is 1. The predicted molar refractivity (Wildman–Crippen MR) is 75.1 cm³/mol. The third kappa shape index (κ3) is 4.51. The molecule has 7 heteroatoms. The summed E-state index contributed by atoms with van der Waals surface area (Å²) in [6.07, 6.45) is 0. The highest BCUT2D eigenvalue weighted by Crippen LogP contribution is 2.08. The van der Waals surface area contributed by atoms with Gasteiger partial charge in [0.15, 0.2) is 0 Å². The van der Waals surface area contributed by atoms with Crippen LogP contribution in [-0.2, 0) is 9.59 Å². The van der Waals surface area contributed by atoms with E-state index in [2.05, 4.69) is 5.32 Å². The van der Waals surface area contributed by atoms with Gasteiger partial charge in [-0.15, -0.1) is 0 Å². The van der Waals surface area contributed by atoms with Crippen LogP contribution in [0.2, 0.25) is 0 Å². The van der Waals surface area contributed by atoms with Crippen molar-refractivity contribution < 1.29 is 19.1 Å². The summed E-state index contributed by atoms with van der Waals surface area (Å²) in [4.78, 5) is 26.7. The quantitative estimate of drug-likeness (QED) is 0.814. The second kappa shape index (κ2) is 7.14. The zero-order chi connectivity index (χ0) is 15.2. The van der Waals surface area contributed by atoms with Crippen molar-refractivity contribution in [3.63, 3.8) is 0 Å². The summed E-state index contributed by atoms with van der Waals surface area (Å²) < 4.78 is 12.8. The van der Waals surface area contributed by atoms with Gasteiger partial charge >= 0.3 is 0 Å². The lowest BCUT2D eigenvalue weighted by atomic mass is 10.3. The molecule has 1 saturated heterocycles. The molecular weight excluding hydrogens is 277 g/mol. The van der Waals surface area contributed by atoms with Crippen LogP contribution >= 0.6 is 0 Å². The molecule has 2 rings (SSSR count). The maximum Gasteiger partial charge on any atom is 0.248 e. The fourth-order valence-corrected chi connectivity index (χ4v) is 2.19. The van der Waals surface area contributed by atoms with Crippen molar-refractivity contribution in [2.24, 2.45) is 0 Å². The molecule has 0 aliphatic carbocycles. The largest absolute Gasteiger partial charge is 0.387 e. The van der Waals surface area contributed by atoms with Gasteiger partial charge in [-0.3, -0.25) is 14.5 Å². The molecule has 6 nitrogen and oxygen atoms in total. The van der Waals surface area contributed by atoms with E-state index >= 15 is 0 Å². The normalized spacial score (nSPS) is 15.8. The van der Waals surface area contributed by atoms with E-state index in [1.807, 2.05) is 4.90 Å². The summed E-state index contributed by atoms with van der Waals surface area (Å²) in [7, 11) is 0. The minimum atomic E-state index is -0.481. The average molecular weight is 295 g/mol. The number of nitrogens with zero attached hydrogens (tertiary/aromatic N) is 2. The number of benzene rings is 1. The van der Waals surface area contributed by atoms with Crippen LogP contribution in [0.15, 0.2) is 24.3 Å². The Kier molecular flexibility index (Phi) is 5.24. The van der Waals surface area contributed by atoms with Crippen LogP contribution in [0.5, 0.6) is 0 Å². The molecule has 1 aromatic carbocycles. The van der Waals surface area contributed by atoms with Gasteiger partial charge in [0.2, 0.25) is 11.8 Å². The Morgan fingerprint density at radius 2 is 1.76 bits per heavy atom. The first-order chi connectivity index (χ1) is 10.1. The van der Waals surface area contributed by atoms with Gasteiger partial charge in [0.25, 0.3) is 0 Å². The number of carbonyl (C=O) groups is 2. The average Bonchev–Trinajstić information content (AvgIpc) is 2.49. The molecule has 0 spiro atoms. The van der Waals surface area contributed by atoms with Crippen molar-refractivity contribution in [3.8, 4) is 0 Å². The number of rotatable bonds is 4. The highest BCUT2D eigenvalue weighted by atomic mass is 19.1. The van der Waals surface area contributed by atoms with E-state index in [1.54, 1.807) is 4.90 Å². The van der Waals surface area contributed by atoms with Crippen LogP contribution in [0, 0.1) is 5.82 Å². The maximum absolute atomic E-state index is 12.8. The van der Waals surface area contributed by atoms with Crippen molar-refractivity contribution in [1.29, 1.82) is 0 Å². The van der Waals surface area contributed by atoms with Crippen LogP contribution < -0.4 is 5.32 Å². The van der Waals surface area contributed by atoms with Crippen molar-refractivity contribution in [1.82, 2.24) is 9.80 Å². The number of hydrogen-bond acceptors (Lipinski definition) is 4. The molecule has 1 heterocycles. The first-order valence-electron chi connectivity index (χ1n) is 6.75. The first kappa shape index (κ1) is 15.4. The Bertz CT molecular complexity index is 499. The molecule has 2 amide bonds. The van der Waals surface area contributed by atoms with Gasteiger partial charge < -0.3 is 15.3 Å². The zero-order valence-corrected chi connectivity index (χ0v) is 11.6. The zero-order valence-electron chi connectivity index (χ0n) is 11.6. The Hall–Kier alpha value is -1.99. The van der Waals surface area contributed by atoms with Crippen LogP contribution in [0.1, 0.15) is 0 Å². The first-order valence-corrected chi connectivity index (χ1v) is 6.75. The number of aliphatic hydroxyl groups is 1. The molecule has 0 radical (unpaired) electrons. The molecule has 0 bridgehead atoms. The van der Waals surface area contributed by atoms with E-state index in [-0.39, 0.29) is 24.2 Å². The second-order valence-electron chi connectivity index (χ2n) is 4.87. The highest BCUT2D eigenvalue weighted by Gasteiger charge is 2.21. The van der Waals surface area contributed by atoms with E-state index in [9.17, 15) is 14.0 Å². The Labute approximate surface area is 122 Å². The van der Waals surface area contributed by atoms with Gasteiger partial charge in [0.05, 0.1) is 6.54 Å². The third-order valence-electron chi connectivity index (χ3n) is 3.36. The van der Waals surface area contributed by atoms with Crippen LogP contribution in [0.25, 0.3) is 0 Å². The van der Waals surface area contributed by atoms with Gasteiger partial charge in [0.1, 0.15) is 12.4 Å². The number of amides is 2. The topological polar surface area (TPSA) is 72.9 Å².